The molecule has 1 aromatic rings. The SMILES string of the molecule is C[C@@H](CN1CCN(C)CC1)OC(=O)c1ccc(Br)cc1. The number of hydrogen-bond donors (Lipinski definition) is 0. The summed E-state index contributed by atoms with van der Waals surface area (Å²) in [5.41, 5.74) is 0.596. The summed E-state index contributed by atoms with van der Waals surface area (Å²) in [5.74, 6) is -0.251. The maximum absolute atomic E-state index is 12.0. The van der Waals surface area contributed by atoms with Gasteiger partial charge in [-0.3, -0.25) is 4.90 Å². The average Bonchev–Trinajstić information content (AvgIpc) is 2.42. The van der Waals surface area contributed by atoms with Crippen molar-refractivity contribution in [2.45, 2.75) is 13.0 Å². The van der Waals surface area contributed by atoms with Crippen molar-refractivity contribution in [2.24, 2.45) is 0 Å². The molecule has 110 valence electrons. The van der Waals surface area contributed by atoms with Crippen LogP contribution in [0.15, 0.2) is 28.7 Å². The molecule has 1 aliphatic rings. The van der Waals surface area contributed by atoms with Crippen LogP contribution in [0.3, 0.4) is 0 Å². The number of benzene rings is 1. The van der Waals surface area contributed by atoms with Crippen LogP contribution in [-0.2, 0) is 4.74 Å². The van der Waals surface area contributed by atoms with Crippen LogP contribution in [0.5, 0.6) is 0 Å². The van der Waals surface area contributed by atoms with Crippen LogP contribution in [0, 0.1) is 0 Å². The van der Waals surface area contributed by atoms with Crippen LogP contribution in [0.1, 0.15) is 17.3 Å². The minimum absolute atomic E-state index is 0.0884. The lowest BCUT2D eigenvalue weighted by Gasteiger charge is -2.33. The van der Waals surface area contributed by atoms with Crippen molar-refractivity contribution in [3.05, 3.63) is 34.3 Å². The molecule has 1 aliphatic heterocycles. The molecule has 0 N–H and O–H groups in total. The molecule has 0 spiro atoms. The highest BCUT2D eigenvalue weighted by Crippen LogP contribution is 2.12. The van der Waals surface area contributed by atoms with Gasteiger partial charge in [0.05, 0.1) is 5.56 Å². The molecule has 4 nitrogen and oxygen atoms in total. The number of carbonyl (C=O) groups is 1. The zero-order valence-corrected chi connectivity index (χ0v) is 13.6. The largest absolute Gasteiger partial charge is 0.458 e. The van der Waals surface area contributed by atoms with E-state index in [1.54, 1.807) is 12.1 Å². The molecular formula is C15H21BrN2O2. The van der Waals surface area contributed by atoms with Crippen molar-refractivity contribution in [1.29, 1.82) is 0 Å². The lowest BCUT2D eigenvalue weighted by Crippen LogP contribution is -2.47. The van der Waals surface area contributed by atoms with Gasteiger partial charge in [-0.15, -0.1) is 0 Å². The van der Waals surface area contributed by atoms with Crippen LogP contribution >= 0.6 is 15.9 Å². The first kappa shape index (κ1) is 15.5. The van der Waals surface area contributed by atoms with E-state index in [4.69, 9.17) is 4.74 Å². The van der Waals surface area contributed by atoms with Gasteiger partial charge in [-0.1, -0.05) is 15.9 Å². The Morgan fingerprint density at radius 3 is 2.45 bits per heavy atom. The predicted molar refractivity (Wildman–Crippen MR) is 83.0 cm³/mol. The summed E-state index contributed by atoms with van der Waals surface area (Å²) in [5, 5.41) is 0. The van der Waals surface area contributed by atoms with Gasteiger partial charge < -0.3 is 9.64 Å². The van der Waals surface area contributed by atoms with E-state index in [2.05, 4.69) is 32.8 Å². The second-order valence-electron chi connectivity index (χ2n) is 5.33. The van der Waals surface area contributed by atoms with E-state index < -0.39 is 0 Å². The average molecular weight is 341 g/mol. The molecular weight excluding hydrogens is 320 g/mol. The number of ether oxygens (including phenoxy) is 1. The maximum atomic E-state index is 12.0. The van der Waals surface area contributed by atoms with Gasteiger partial charge in [0.25, 0.3) is 0 Å². The summed E-state index contributed by atoms with van der Waals surface area (Å²) < 4.78 is 6.45. The van der Waals surface area contributed by atoms with Crippen LogP contribution in [0.25, 0.3) is 0 Å². The van der Waals surface area contributed by atoms with Gasteiger partial charge in [0.15, 0.2) is 0 Å². The fraction of sp³-hybridized carbons (Fsp3) is 0.533. The number of piperazine rings is 1. The molecule has 0 aromatic heterocycles. The number of nitrogens with zero attached hydrogens (tertiary/aromatic N) is 2. The molecule has 0 aliphatic carbocycles. The van der Waals surface area contributed by atoms with Crippen LogP contribution < -0.4 is 0 Å². The monoisotopic (exact) mass is 340 g/mol. The second-order valence-corrected chi connectivity index (χ2v) is 6.24. The Bertz CT molecular complexity index is 442. The molecule has 0 amide bonds. The van der Waals surface area contributed by atoms with Gasteiger partial charge in [0.2, 0.25) is 0 Å². The Kier molecular flexibility index (Phi) is 5.57. The number of hydrogen-bond acceptors (Lipinski definition) is 4. The molecule has 1 atom stereocenters. The predicted octanol–water partition coefficient (Wildman–Crippen LogP) is 2.24. The molecule has 1 fully saturated rings. The van der Waals surface area contributed by atoms with Crippen molar-refractivity contribution in [3.8, 4) is 0 Å². The summed E-state index contributed by atoms with van der Waals surface area (Å²) in [4.78, 5) is 16.7. The third-order valence-corrected chi connectivity index (χ3v) is 4.03. The Hall–Kier alpha value is -0.910. The first-order valence-corrected chi connectivity index (χ1v) is 7.71. The molecule has 20 heavy (non-hydrogen) atoms. The Labute approximate surface area is 128 Å². The quantitative estimate of drug-likeness (QED) is 0.787. The van der Waals surface area contributed by atoms with Crippen LogP contribution in [0.2, 0.25) is 0 Å². The van der Waals surface area contributed by atoms with E-state index in [-0.39, 0.29) is 12.1 Å². The van der Waals surface area contributed by atoms with E-state index >= 15 is 0 Å². The topological polar surface area (TPSA) is 32.8 Å². The highest BCUT2D eigenvalue weighted by atomic mass is 79.9. The minimum Gasteiger partial charge on any atom is -0.458 e. The minimum atomic E-state index is -0.251. The first-order chi connectivity index (χ1) is 9.54. The fourth-order valence-electron chi connectivity index (χ4n) is 2.27. The second kappa shape index (κ2) is 7.20. The lowest BCUT2D eigenvalue weighted by molar-refractivity contribution is 0.0207. The highest BCUT2D eigenvalue weighted by Gasteiger charge is 2.18. The van der Waals surface area contributed by atoms with Crippen LogP contribution in [0.4, 0.5) is 0 Å². The standard InChI is InChI=1S/C15H21BrN2O2/c1-12(11-18-9-7-17(2)8-10-18)20-15(19)13-3-5-14(16)6-4-13/h3-6,12H,7-11H2,1-2H3/t12-/m0/s1. The van der Waals surface area contributed by atoms with Crippen molar-refractivity contribution in [2.75, 3.05) is 39.8 Å². The van der Waals surface area contributed by atoms with Crippen molar-refractivity contribution in [1.82, 2.24) is 9.80 Å². The van der Waals surface area contributed by atoms with Gasteiger partial charge in [-0.2, -0.15) is 0 Å². The van der Waals surface area contributed by atoms with E-state index in [1.165, 1.54) is 0 Å². The van der Waals surface area contributed by atoms with Crippen molar-refractivity contribution < 1.29 is 9.53 Å². The Morgan fingerprint density at radius 1 is 1.25 bits per heavy atom. The molecule has 0 unspecified atom stereocenters. The normalized spacial score (nSPS) is 18.8. The molecule has 0 saturated carbocycles. The number of halogens is 1. The number of rotatable bonds is 4. The highest BCUT2D eigenvalue weighted by molar-refractivity contribution is 9.10. The third kappa shape index (κ3) is 4.58. The molecule has 5 heteroatoms. The Balaban J connectivity index is 1.80. The van der Waals surface area contributed by atoms with E-state index in [1.807, 2.05) is 19.1 Å². The summed E-state index contributed by atoms with van der Waals surface area (Å²) >= 11 is 3.35. The molecule has 1 saturated heterocycles. The lowest BCUT2D eigenvalue weighted by atomic mass is 10.2. The molecule has 1 heterocycles. The summed E-state index contributed by atoms with van der Waals surface area (Å²) in [7, 11) is 2.13. The van der Waals surface area contributed by atoms with Crippen molar-refractivity contribution in [3.63, 3.8) is 0 Å². The van der Waals surface area contributed by atoms with E-state index in [0.29, 0.717) is 5.56 Å². The van der Waals surface area contributed by atoms with Crippen molar-refractivity contribution >= 4 is 21.9 Å². The molecule has 2 rings (SSSR count). The fourth-order valence-corrected chi connectivity index (χ4v) is 2.53. The molecule has 1 aromatic carbocycles. The maximum Gasteiger partial charge on any atom is 0.338 e. The zero-order chi connectivity index (χ0) is 14.5. The van der Waals surface area contributed by atoms with Gasteiger partial charge in [-0.05, 0) is 38.2 Å². The van der Waals surface area contributed by atoms with E-state index in [0.717, 1.165) is 37.2 Å². The van der Waals surface area contributed by atoms with Gasteiger partial charge >= 0.3 is 5.97 Å². The summed E-state index contributed by atoms with van der Waals surface area (Å²) in [6.45, 7) is 6.99. The zero-order valence-electron chi connectivity index (χ0n) is 12.0. The van der Waals surface area contributed by atoms with Gasteiger partial charge in [0, 0.05) is 37.2 Å². The smallest absolute Gasteiger partial charge is 0.338 e. The van der Waals surface area contributed by atoms with Gasteiger partial charge in [0.1, 0.15) is 6.10 Å². The van der Waals surface area contributed by atoms with E-state index in [9.17, 15) is 4.79 Å². The van der Waals surface area contributed by atoms with Gasteiger partial charge in [-0.25, -0.2) is 4.79 Å². The summed E-state index contributed by atoms with van der Waals surface area (Å²) in [6, 6.07) is 7.24. The summed E-state index contributed by atoms with van der Waals surface area (Å²) in [6.07, 6.45) is -0.0884. The molecule has 0 radical (unpaired) electrons. The molecule has 0 bridgehead atoms. The number of esters is 1. The Morgan fingerprint density at radius 2 is 1.85 bits per heavy atom. The number of likely N-dealkylation sites (N-methyl/N-ethyl adjacent to an activating group) is 1. The number of carbonyl (C=O) groups excluding carboxylic acids is 1. The van der Waals surface area contributed by atoms with Crippen LogP contribution in [-0.4, -0.2) is 61.6 Å². The third-order valence-electron chi connectivity index (χ3n) is 3.50. The first-order valence-electron chi connectivity index (χ1n) is 6.92.